The average Bonchev–Trinajstić information content (AvgIpc) is 2.77. The third kappa shape index (κ3) is 2.71. The number of benzene rings is 1. The molecule has 0 atom stereocenters. The topological polar surface area (TPSA) is 65.4 Å². The van der Waals surface area contributed by atoms with Gasteiger partial charge in [0.25, 0.3) is 0 Å². The molecule has 2 rings (SSSR count). The zero-order chi connectivity index (χ0) is 15.6. The van der Waals surface area contributed by atoms with Crippen LogP contribution in [0.2, 0.25) is 0 Å². The first-order chi connectivity index (χ1) is 9.89. The van der Waals surface area contributed by atoms with E-state index in [4.69, 9.17) is 4.74 Å². The Bertz CT molecular complexity index is 760. The fourth-order valence-corrected chi connectivity index (χ4v) is 3.63. The normalized spacial score (nSPS) is 11.4. The average molecular weight is 307 g/mol. The predicted molar refractivity (Wildman–Crippen MR) is 78.0 cm³/mol. The number of ether oxygens (including phenoxy) is 1. The van der Waals surface area contributed by atoms with Crippen LogP contribution in [0.1, 0.15) is 23.1 Å². The number of nitrogens with zero attached hydrogens (tertiary/aromatic N) is 1. The zero-order valence-electron chi connectivity index (χ0n) is 12.2. The fourth-order valence-electron chi connectivity index (χ4n) is 2.07. The van der Waals surface area contributed by atoms with Crippen LogP contribution >= 0.6 is 0 Å². The summed E-state index contributed by atoms with van der Waals surface area (Å²) < 4.78 is 31.7. The van der Waals surface area contributed by atoms with Crippen LogP contribution in [0.25, 0.3) is 0 Å². The molecule has 0 saturated carbocycles. The predicted octanol–water partition coefficient (Wildman–Crippen LogP) is 2.34. The smallest absolute Gasteiger partial charge is 0.354 e. The van der Waals surface area contributed by atoms with Crippen molar-refractivity contribution in [1.29, 1.82) is 0 Å². The van der Waals surface area contributed by atoms with E-state index in [0.717, 1.165) is 0 Å². The Hall–Kier alpha value is -2.08. The molecular weight excluding hydrogens is 290 g/mol. The summed E-state index contributed by atoms with van der Waals surface area (Å²) in [5.41, 5.74) is 0.728. The highest BCUT2D eigenvalue weighted by Crippen LogP contribution is 2.26. The maximum absolute atomic E-state index is 12.6. The largest absolute Gasteiger partial charge is 0.461 e. The van der Waals surface area contributed by atoms with E-state index >= 15 is 0 Å². The van der Waals surface area contributed by atoms with E-state index in [1.54, 1.807) is 39.1 Å². The van der Waals surface area contributed by atoms with Crippen molar-refractivity contribution in [3.8, 4) is 0 Å². The maximum atomic E-state index is 12.6. The standard InChI is InChI=1S/C15H17NO4S/c1-4-20-15(17)13-10-14(11(2)16(13)3)21(18,19)12-8-6-5-7-9-12/h5-10H,4H2,1-3H3. The number of rotatable bonds is 4. The molecule has 2 aromatic rings. The Morgan fingerprint density at radius 1 is 1.24 bits per heavy atom. The van der Waals surface area contributed by atoms with Crippen molar-refractivity contribution >= 4 is 15.8 Å². The number of sulfone groups is 1. The number of hydrogen-bond donors (Lipinski definition) is 0. The van der Waals surface area contributed by atoms with Gasteiger partial charge in [-0.05, 0) is 32.0 Å². The highest BCUT2D eigenvalue weighted by atomic mass is 32.2. The number of hydrogen-bond acceptors (Lipinski definition) is 4. The molecular formula is C15H17NO4S. The molecule has 21 heavy (non-hydrogen) atoms. The highest BCUT2D eigenvalue weighted by molar-refractivity contribution is 7.91. The van der Waals surface area contributed by atoms with E-state index in [1.807, 2.05) is 0 Å². The Kier molecular flexibility index (Phi) is 4.18. The molecule has 0 radical (unpaired) electrons. The van der Waals surface area contributed by atoms with Gasteiger partial charge >= 0.3 is 5.97 Å². The van der Waals surface area contributed by atoms with Gasteiger partial charge in [-0.3, -0.25) is 0 Å². The monoisotopic (exact) mass is 307 g/mol. The van der Waals surface area contributed by atoms with E-state index in [0.29, 0.717) is 5.69 Å². The van der Waals surface area contributed by atoms with Crippen molar-refractivity contribution in [1.82, 2.24) is 4.57 Å². The molecule has 0 aliphatic carbocycles. The van der Waals surface area contributed by atoms with E-state index < -0.39 is 15.8 Å². The van der Waals surface area contributed by atoms with Crippen LogP contribution < -0.4 is 0 Å². The number of carbonyl (C=O) groups is 1. The number of carbonyl (C=O) groups excluding carboxylic acids is 1. The first-order valence-corrected chi connectivity index (χ1v) is 8.01. The summed E-state index contributed by atoms with van der Waals surface area (Å²) in [5.74, 6) is -0.530. The molecule has 1 aromatic heterocycles. The van der Waals surface area contributed by atoms with E-state index in [2.05, 4.69) is 0 Å². The molecule has 0 unspecified atom stereocenters. The molecule has 0 aliphatic heterocycles. The zero-order valence-corrected chi connectivity index (χ0v) is 13.0. The van der Waals surface area contributed by atoms with E-state index in [9.17, 15) is 13.2 Å². The van der Waals surface area contributed by atoms with Crippen LogP contribution in [0.5, 0.6) is 0 Å². The summed E-state index contributed by atoms with van der Waals surface area (Å²) in [6.45, 7) is 3.61. The first-order valence-electron chi connectivity index (χ1n) is 6.53. The van der Waals surface area contributed by atoms with Gasteiger partial charge in [-0.15, -0.1) is 0 Å². The second-order valence-electron chi connectivity index (χ2n) is 4.58. The van der Waals surface area contributed by atoms with Gasteiger partial charge in [0.15, 0.2) is 0 Å². The van der Waals surface area contributed by atoms with Crippen molar-refractivity contribution in [3.05, 3.63) is 47.8 Å². The van der Waals surface area contributed by atoms with Crippen LogP contribution in [-0.4, -0.2) is 25.6 Å². The third-order valence-electron chi connectivity index (χ3n) is 3.32. The van der Waals surface area contributed by atoms with Crippen LogP contribution in [0, 0.1) is 6.92 Å². The lowest BCUT2D eigenvalue weighted by atomic mass is 10.4. The van der Waals surface area contributed by atoms with Crippen molar-refractivity contribution in [3.63, 3.8) is 0 Å². The van der Waals surface area contributed by atoms with Gasteiger partial charge in [0.05, 0.1) is 16.4 Å². The van der Waals surface area contributed by atoms with Crippen molar-refractivity contribution < 1.29 is 17.9 Å². The summed E-state index contributed by atoms with van der Waals surface area (Å²) >= 11 is 0. The van der Waals surface area contributed by atoms with Crippen LogP contribution in [0.3, 0.4) is 0 Å². The molecule has 0 saturated heterocycles. The Balaban J connectivity index is 2.56. The molecule has 0 bridgehead atoms. The van der Waals surface area contributed by atoms with Gasteiger partial charge in [-0.25, -0.2) is 13.2 Å². The minimum atomic E-state index is -3.65. The summed E-state index contributed by atoms with van der Waals surface area (Å²) in [6, 6.07) is 9.52. The van der Waals surface area contributed by atoms with Crippen molar-refractivity contribution in [2.24, 2.45) is 7.05 Å². The van der Waals surface area contributed by atoms with Crippen LogP contribution in [0.4, 0.5) is 0 Å². The lowest BCUT2D eigenvalue weighted by molar-refractivity contribution is 0.0515. The van der Waals surface area contributed by atoms with Gasteiger partial charge < -0.3 is 9.30 Å². The summed E-state index contributed by atoms with van der Waals surface area (Å²) in [7, 11) is -2.00. The SMILES string of the molecule is CCOC(=O)c1cc(S(=O)(=O)c2ccccc2)c(C)n1C. The number of aromatic nitrogens is 1. The first kappa shape index (κ1) is 15.3. The molecule has 1 heterocycles. The Morgan fingerprint density at radius 3 is 2.43 bits per heavy atom. The molecule has 0 N–H and O–H groups in total. The summed E-state index contributed by atoms with van der Waals surface area (Å²) in [6.07, 6.45) is 0. The third-order valence-corrected chi connectivity index (χ3v) is 5.20. The maximum Gasteiger partial charge on any atom is 0.354 e. The molecule has 0 spiro atoms. The van der Waals surface area contributed by atoms with Crippen molar-refractivity contribution in [2.75, 3.05) is 6.61 Å². The summed E-state index contributed by atoms with van der Waals surface area (Å²) in [4.78, 5) is 12.2. The molecule has 0 amide bonds. The van der Waals surface area contributed by atoms with Gasteiger partial charge in [0.2, 0.25) is 9.84 Å². The van der Waals surface area contributed by atoms with E-state index in [-0.39, 0.29) is 22.1 Å². The van der Waals surface area contributed by atoms with Gasteiger partial charge in [0.1, 0.15) is 5.69 Å². The van der Waals surface area contributed by atoms with Gasteiger partial charge in [-0.1, -0.05) is 18.2 Å². The van der Waals surface area contributed by atoms with Gasteiger partial charge in [-0.2, -0.15) is 0 Å². The van der Waals surface area contributed by atoms with Crippen LogP contribution in [-0.2, 0) is 21.6 Å². The second kappa shape index (κ2) is 5.73. The van der Waals surface area contributed by atoms with Crippen molar-refractivity contribution in [2.45, 2.75) is 23.6 Å². The second-order valence-corrected chi connectivity index (χ2v) is 6.49. The highest BCUT2D eigenvalue weighted by Gasteiger charge is 2.26. The molecule has 1 aromatic carbocycles. The van der Waals surface area contributed by atoms with Gasteiger partial charge in [0, 0.05) is 12.7 Å². The van der Waals surface area contributed by atoms with Crippen LogP contribution in [0.15, 0.2) is 46.2 Å². The minimum Gasteiger partial charge on any atom is -0.461 e. The quantitative estimate of drug-likeness (QED) is 0.813. The lowest BCUT2D eigenvalue weighted by Gasteiger charge is -2.05. The lowest BCUT2D eigenvalue weighted by Crippen LogP contribution is -2.10. The van der Waals surface area contributed by atoms with E-state index in [1.165, 1.54) is 22.8 Å². The minimum absolute atomic E-state index is 0.124. The molecule has 0 fully saturated rings. The molecule has 6 heteroatoms. The summed E-state index contributed by atoms with van der Waals surface area (Å²) in [5, 5.41) is 0. The Labute approximate surface area is 124 Å². The molecule has 112 valence electrons. The number of esters is 1. The molecule has 5 nitrogen and oxygen atoms in total. The molecule has 0 aliphatic rings. The Morgan fingerprint density at radius 2 is 1.86 bits per heavy atom. The fraction of sp³-hybridized carbons (Fsp3) is 0.267.